The second-order valence-corrected chi connectivity index (χ2v) is 7.27. The summed E-state index contributed by atoms with van der Waals surface area (Å²) in [4.78, 5) is 24.3. The molecule has 26 heavy (non-hydrogen) atoms. The maximum atomic E-state index is 12.5. The maximum absolute atomic E-state index is 12.5. The molecule has 2 N–H and O–H groups in total. The summed E-state index contributed by atoms with van der Waals surface area (Å²) in [5.74, 6) is 0.0171. The minimum atomic E-state index is -0.233. The van der Waals surface area contributed by atoms with Gasteiger partial charge in [-0.2, -0.15) is 0 Å². The number of hydrogen-bond donors (Lipinski definition) is 2. The third-order valence-electron chi connectivity index (χ3n) is 4.33. The molecule has 0 bridgehead atoms. The lowest BCUT2D eigenvalue weighted by atomic mass is 10.0. The zero-order valence-corrected chi connectivity index (χ0v) is 16.5. The van der Waals surface area contributed by atoms with Crippen molar-refractivity contribution >= 4 is 11.8 Å². The zero-order chi connectivity index (χ0) is 19.4. The van der Waals surface area contributed by atoms with Crippen LogP contribution in [0.15, 0.2) is 30.3 Å². The van der Waals surface area contributed by atoms with Crippen LogP contribution >= 0.6 is 0 Å². The highest BCUT2D eigenvalue weighted by molar-refractivity contribution is 5.97. The Labute approximate surface area is 155 Å². The number of carbonyl (C=O) groups excluding carboxylic acids is 2. The lowest BCUT2D eigenvalue weighted by Gasteiger charge is -2.13. The fraction of sp³-hybridized carbons (Fsp3) is 0.429. The minimum absolute atomic E-state index is 0.0243. The van der Waals surface area contributed by atoms with Crippen LogP contribution in [0.2, 0.25) is 0 Å². The molecule has 0 fully saturated rings. The minimum Gasteiger partial charge on any atom is -0.352 e. The van der Waals surface area contributed by atoms with Crippen molar-refractivity contribution in [3.05, 3.63) is 52.8 Å². The molecule has 0 atom stereocenters. The Bertz CT molecular complexity index is 804. The molecule has 0 unspecified atom stereocenters. The van der Waals surface area contributed by atoms with Gasteiger partial charge in [-0.15, -0.1) is 0 Å². The quantitative estimate of drug-likeness (QED) is 0.833. The van der Waals surface area contributed by atoms with E-state index in [4.69, 9.17) is 0 Å². The number of hydrogen-bond acceptors (Lipinski definition) is 2. The van der Waals surface area contributed by atoms with Gasteiger partial charge < -0.3 is 15.2 Å². The van der Waals surface area contributed by atoms with Gasteiger partial charge in [-0.3, -0.25) is 9.59 Å². The smallest absolute Gasteiger partial charge is 0.253 e. The molecule has 0 saturated heterocycles. The highest BCUT2D eigenvalue weighted by atomic mass is 16.2. The van der Waals surface area contributed by atoms with Crippen LogP contribution in [0, 0.1) is 13.8 Å². The van der Waals surface area contributed by atoms with Crippen LogP contribution in [0.4, 0.5) is 0 Å². The first-order valence-electron chi connectivity index (χ1n) is 9.07. The Morgan fingerprint density at radius 1 is 1.08 bits per heavy atom. The molecule has 0 aliphatic heterocycles. The number of aryl methyl sites for hydroxylation is 1. The van der Waals surface area contributed by atoms with Gasteiger partial charge in [0, 0.05) is 23.1 Å². The van der Waals surface area contributed by atoms with Crippen LogP contribution in [0.1, 0.15) is 60.9 Å². The molecule has 0 radical (unpaired) electrons. The Morgan fingerprint density at radius 2 is 1.77 bits per heavy atom. The Balaban J connectivity index is 2.23. The van der Waals surface area contributed by atoms with E-state index in [1.807, 2.05) is 45.9 Å². The highest BCUT2D eigenvalue weighted by Crippen LogP contribution is 2.24. The van der Waals surface area contributed by atoms with Gasteiger partial charge in [0.05, 0.1) is 12.1 Å². The van der Waals surface area contributed by atoms with Crippen molar-refractivity contribution in [2.45, 2.75) is 53.5 Å². The zero-order valence-electron chi connectivity index (χ0n) is 16.5. The molecule has 0 spiro atoms. The van der Waals surface area contributed by atoms with Gasteiger partial charge in [0.1, 0.15) is 0 Å². The van der Waals surface area contributed by atoms with E-state index in [0.717, 1.165) is 17.1 Å². The van der Waals surface area contributed by atoms with Crippen LogP contribution in [0.3, 0.4) is 0 Å². The SMILES string of the molecule is Cc1cc(C(=O)NCC(=O)NC(C)C)c(C)n1-c1cccc(C(C)C)c1. The van der Waals surface area contributed by atoms with Crippen molar-refractivity contribution in [2.24, 2.45) is 0 Å². The molecule has 5 heteroatoms. The molecule has 1 aromatic heterocycles. The third kappa shape index (κ3) is 4.54. The van der Waals surface area contributed by atoms with Crippen LogP contribution in [0.25, 0.3) is 5.69 Å². The molecule has 0 saturated carbocycles. The third-order valence-corrected chi connectivity index (χ3v) is 4.33. The molecule has 2 amide bonds. The van der Waals surface area contributed by atoms with E-state index in [1.165, 1.54) is 5.56 Å². The summed E-state index contributed by atoms with van der Waals surface area (Å²) < 4.78 is 2.08. The first kappa shape index (κ1) is 19.8. The lowest BCUT2D eigenvalue weighted by molar-refractivity contribution is -0.120. The summed E-state index contributed by atoms with van der Waals surface area (Å²) in [5, 5.41) is 5.47. The van der Waals surface area contributed by atoms with Crippen molar-refractivity contribution in [1.82, 2.24) is 15.2 Å². The standard InChI is InChI=1S/C21H29N3O2/c1-13(2)17-8-7-9-18(11-17)24-15(5)10-19(16(24)6)21(26)22-12-20(25)23-14(3)4/h7-11,13-14H,12H2,1-6H3,(H,22,26)(H,23,25). The van der Waals surface area contributed by atoms with Crippen LogP contribution in [0.5, 0.6) is 0 Å². The van der Waals surface area contributed by atoms with Crippen molar-refractivity contribution in [3.8, 4) is 5.69 Å². The van der Waals surface area contributed by atoms with E-state index < -0.39 is 0 Å². The van der Waals surface area contributed by atoms with Gasteiger partial charge in [-0.05, 0) is 57.4 Å². The van der Waals surface area contributed by atoms with Crippen molar-refractivity contribution in [2.75, 3.05) is 6.54 Å². The fourth-order valence-corrected chi connectivity index (χ4v) is 3.04. The first-order valence-corrected chi connectivity index (χ1v) is 9.07. The molecule has 0 aliphatic rings. The average molecular weight is 355 g/mol. The van der Waals surface area contributed by atoms with E-state index >= 15 is 0 Å². The van der Waals surface area contributed by atoms with E-state index in [9.17, 15) is 9.59 Å². The molecule has 5 nitrogen and oxygen atoms in total. The number of aromatic nitrogens is 1. The molecule has 2 aromatic rings. The van der Waals surface area contributed by atoms with Crippen LogP contribution < -0.4 is 10.6 Å². The largest absolute Gasteiger partial charge is 0.352 e. The molecule has 2 rings (SSSR count). The Morgan fingerprint density at radius 3 is 2.38 bits per heavy atom. The summed E-state index contributed by atoms with van der Waals surface area (Å²) in [6.07, 6.45) is 0. The van der Waals surface area contributed by atoms with Crippen molar-refractivity contribution < 1.29 is 9.59 Å². The Hall–Kier alpha value is -2.56. The fourth-order valence-electron chi connectivity index (χ4n) is 3.04. The molecular weight excluding hydrogens is 326 g/mol. The van der Waals surface area contributed by atoms with E-state index in [2.05, 4.69) is 41.2 Å². The van der Waals surface area contributed by atoms with Crippen LogP contribution in [-0.2, 0) is 4.79 Å². The Kier molecular flexibility index (Phi) is 6.24. The van der Waals surface area contributed by atoms with Crippen molar-refractivity contribution in [3.63, 3.8) is 0 Å². The topological polar surface area (TPSA) is 63.1 Å². The van der Waals surface area contributed by atoms with Gasteiger partial charge in [-0.25, -0.2) is 0 Å². The number of benzene rings is 1. The van der Waals surface area contributed by atoms with Gasteiger partial charge >= 0.3 is 0 Å². The molecule has 1 aromatic carbocycles. The van der Waals surface area contributed by atoms with Gasteiger partial charge in [0.15, 0.2) is 0 Å². The average Bonchev–Trinajstić information content (AvgIpc) is 2.86. The summed E-state index contributed by atoms with van der Waals surface area (Å²) >= 11 is 0. The lowest BCUT2D eigenvalue weighted by Crippen LogP contribution is -2.39. The van der Waals surface area contributed by atoms with E-state index in [0.29, 0.717) is 11.5 Å². The van der Waals surface area contributed by atoms with Gasteiger partial charge in [0.25, 0.3) is 5.91 Å². The highest BCUT2D eigenvalue weighted by Gasteiger charge is 2.17. The number of amides is 2. The summed E-state index contributed by atoms with van der Waals surface area (Å²) in [7, 11) is 0. The van der Waals surface area contributed by atoms with Crippen molar-refractivity contribution in [1.29, 1.82) is 0 Å². The van der Waals surface area contributed by atoms with E-state index in [-0.39, 0.29) is 24.4 Å². The molecule has 1 heterocycles. The van der Waals surface area contributed by atoms with Gasteiger partial charge in [-0.1, -0.05) is 26.0 Å². The molecular formula is C21H29N3O2. The van der Waals surface area contributed by atoms with E-state index in [1.54, 1.807) is 0 Å². The number of nitrogens with zero attached hydrogens (tertiary/aromatic N) is 1. The first-order chi connectivity index (χ1) is 12.2. The second kappa shape index (κ2) is 8.21. The number of nitrogens with one attached hydrogen (secondary N) is 2. The number of rotatable bonds is 6. The predicted octanol–water partition coefficient (Wildman–Crippen LogP) is 3.47. The second-order valence-electron chi connectivity index (χ2n) is 7.27. The molecule has 140 valence electrons. The summed E-state index contributed by atoms with van der Waals surface area (Å²) in [6, 6.07) is 10.3. The summed E-state index contributed by atoms with van der Waals surface area (Å²) in [6.45, 7) is 12.0. The predicted molar refractivity (Wildman–Crippen MR) is 105 cm³/mol. The number of carbonyl (C=O) groups is 2. The monoisotopic (exact) mass is 355 g/mol. The van der Waals surface area contributed by atoms with Crippen LogP contribution in [-0.4, -0.2) is 29.0 Å². The summed E-state index contributed by atoms with van der Waals surface area (Å²) in [5.41, 5.74) is 4.74. The van der Waals surface area contributed by atoms with Gasteiger partial charge in [0.2, 0.25) is 5.91 Å². The normalized spacial score (nSPS) is 11.1. The molecule has 0 aliphatic carbocycles. The maximum Gasteiger partial charge on any atom is 0.253 e.